The average molecular weight is 448 g/mol. The van der Waals surface area contributed by atoms with Crippen molar-refractivity contribution in [3.63, 3.8) is 0 Å². The van der Waals surface area contributed by atoms with E-state index in [4.69, 9.17) is 14.3 Å². The van der Waals surface area contributed by atoms with E-state index in [-0.39, 0.29) is 5.82 Å². The summed E-state index contributed by atoms with van der Waals surface area (Å²) >= 11 is 0. The van der Waals surface area contributed by atoms with Crippen LogP contribution >= 0.6 is 0 Å². The standard InChI is InChI=1S/C25H25FN4O3/c1-16-9-19(12-20(26)10-16)25(3)30-7-8-32-22(13-24(30)28-33-25)18-5-6-21(23(11-18)31-4)29-14-17(2)27-15-29/h5-6,9-15H,7-8H2,1-4H3. The summed E-state index contributed by atoms with van der Waals surface area (Å²) in [5.74, 6) is 1.68. The van der Waals surface area contributed by atoms with Gasteiger partial charge in [-0.15, -0.1) is 0 Å². The zero-order valence-corrected chi connectivity index (χ0v) is 19.0. The van der Waals surface area contributed by atoms with Gasteiger partial charge in [0.05, 0.1) is 31.4 Å². The van der Waals surface area contributed by atoms with Gasteiger partial charge in [0.15, 0.2) is 5.84 Å². The zero-order valence-electron chi connectivity index (χ0n) is 19.0. The summed E-state index contributed by atoms with van der Waals surface area (Å²) in [6.45, 7) is 6.65. The number of nitrogens with zero attached hydrogens (tertiary/aromatic N) is 4. The minimum atomic E-state index is -0.918. The average Bonchev–Trinajstić information content (AvgIpc) is 3.28. The molecule has 0 bridgehead atoms. The number of oxime groups is 1. The van der Waals surface area contributed by atoms with Gasteiger partial charge in [0.2, 0.25) is 5.72 Å². The fourth-order valence-corrected chi connectivity index (χ4v) is 4.27. The summed E-state index contributed by atoms with van der Waals surface area (Å²) in [7, 11) is 1.64. The van der Waals surface area contributed by atoms with E-state index in [0.29, 0.717) is 36.1 Å². The third-order valence-electron chi connectivity index (χ3n) is 5.97. The molecule has 1 unspecified atom stereocenters. The lowest BCUT2D eigenvalue weighted by atomic mass is 10.00. The van der Waals surface area contributed by atoms with Crippen LogP contribution in [0.25, 0.3) is 11.4 Å². The molecule has 1 aromatic heterocycles. The zero-order chi connectivity index (χ0) is 23.2. The van der Waals surface area contributed by atoms with Crippen LogP contribution in [0.3, 0.4) is 0 Å². The summed E-state index contributed by atoms with van der Waals surface area (Å²) in [5, 5.41) is 4.31. The summed E-state index contributed by atoms with van der Waals surface area (Å²) in [6.07, 6.45) is 5.54. The number of benzene rings is 2. The Morgan fingerprint density at radius 1 is 1.15 bits per heavy atom. The van der Waals surface area contributed by atoms with E-state index < -0.39 is 5.72 Å². The fraction of sp³-hybridized carbons (Fsp3) is 0.280. The van der Waals surface area contributed by atoms with Gasteiger partial charge in [-0.2, -0.15) is 0 Å². The molecule has 7 nitrogen and oxygen atoms in total. The monoisotopic (exact) mass is 448 g/mol. The Hall–Kier alpha value is -3.81. The first kappa shape index (κ1) is 21.1. The lowest BCUT2D eigenvalue weighted by Crippen LogP contribution is -2.44. The SMILES string of the molecule is COc1cc(C2=CC3=NOC(C)(c4cc(C)cc(F)c4)N3CCO2)ccc1-n1cnc(C)c1. The number of methoxy groups -OCH3 is 1. The summed E-state index contributed by atoms with van der Waals surface area (Å²) < 4.78 is 27.7. The topological polar surface area (TPSA) is 61.1 Å². The number of aryl methyl sites for hydroxylation is 2. The maximum atomic E-state index is 14.1. The van der Waals surface area contributed by atoms with Gasteiger partial charge in [0.25, 0.3) is 0 Å². The van der Waals surface area contributed by atoms with Crippen LogP contribution in [-0.2, 0) is 15.3 Å². The third-order valence-corrected chi connectivity index (χ3v) is 5.97. The molecule has 0 amide bonds. The minimum Gasteiger partial charge on any atom is -0.495 e. The van der Waals surface area contributed by atoms with E-state index in [1.54, 1.807) is 13.4 Å². The quantitative estimate of drug-likeness (QED) is 0.587. The smallest absolute Gasteiger partial charge is 0.234 e. The molecule has 8 heteroatoms. The van der Waals surface area contributed by atoms with Crippen LogP contribution in [0.15, 0.2) is 60.2 Å². The molecule has 0 spiro atoms. The molecule has 0 radical (unpaired) electrons. The number of ether oxygens (including phenoxy) is 2. The van der Waals surface area contributed by atoms with Crippen molar-refractivity contribution in [2.45, 2.75) is 26.5 Å². The Kier molecular flexibility index (Phi) is 5.08. The first-order valence-electron chi connectivity index (χ1n) is 10.7. The van der Waals surface area contributed by atoms with E-state index in [0.717, 1.165) is 22.5 Å². The molecule has 3 aromatic rings. The number of fused-ring (bicyclic) bond motifs is 1. The van der Waals surface area contributed by atoms with Gasteiger partial charge in [0, 0.05) is 30.3 Å². The summed E-state index contributed by atoms with van der Waals surface area (Å²) in [6, 6.07) is 10.8. The van der Waals surface area contributed by atoms with E-state index >= 15 is 0 Å². The molecule has 0 fully saturated rings. The molecule has 2 aromatic carbocycles. The Morgan fingerprint density at radius 3 is 2.73 bits per heavy atom. The highest BCUT2D eigenvalue weighted by molar-refractivity contribution is 5.99. The molecule has 2 aliphatic heterocycles. The number of halogens is 1. The van der Waals surface area contributed by atoms with E-state index in [1.165, 1.54) is 12.1 Å². The molecular weight excluding hydrogens is 423 g/mol. The number of rotatable bonds is 4. The molecule has 0 N–H and O–H groups in total. The molecule has 5 rings (SSSR count). The van der Waals surface area contributed by atoms with Crippen molar-refractivity contribution in [2.75, 3.05) is 20.3 Å². The molecule has 3 heterocycles. The molecule has 0 saturated heterocycles. The van der Waals surface area contributed by atoms with E-state index in [2.05, 4.69) is 10.1 Å². The minimum absolute atomic E-state index is 0.300. The molecule has 33 heavy (non-hydrogen) atoms. The molecule has 0 saturated carbocycles. The van der Waals surface area contributed by atoms with Gasteiger partial charge < -0.3 is 23.8 Å². The van der Waals surface area contributed by atoms with Gasteiger partial charge in [-0.1, -0.05) is 5.16 Å². The van der Waals surface area contributed by atoms with Gasteiger partial charge in [0.1, 0.15) is 23.9 Å². The Balaban J connectivity index is 1.48. The van der Waals surface area contributed by atoms with Crippen molar-refractivity contribution in [3.8, 4) is 11.4 Å². The summed E-state index contributed by atoms with van der Waals surface area (Å²) in [4.78, 5) is 12.1. The van der Waals surface area contributed by atoms with Crippen LogP contribution in [0, 0.1) is 19.7 Å². The predicted octanol–water partition coefficient (Wildman–Crippen LogP) is 4.53. The van der Waals surface area contributed by atoms with Crippen molar-refractivity contribution in [3.05, 3.63) is 83.2 Å². The number of aromatic nitrogens is 2. The van der Waals surface area contributed by atoms with Gasteiger partial charge in [-0.25, -0.2) is 9.37 Å². The van der Waals surface area contributed by atoms with Crippen molar-refractivity contribution < 1.29 is 18.7 Å². The number of hydrogen-bond donors (Lipinski definition) is 0. The predicted molar refractivity (Wildman–Crippen MR) is 122 cm³/mol. The van der Waals surface area contributed by atoms with Gasteiger partial charge >= 0.3 is 0 Å². The van der Waals surface area contributed by atoms with E-state index in [9.17, 15) is 4.39 Å². The first-order chi connectivity index (χ1) is 15.9. The van der Waals surface area contributed by atoms with Crippen LogP contribution in [-0.4, -0.2) is 40.5 Å². The lowest BCUT2D eigenvalue weighted by molar-refractivity contribution is -0.0929. The molecular formula is C25H25FN4O3. The Labute approximate surface area is 191 Å². The molecule has 2 aliphatic rings. The highest BCUT2D eigenvalue weighted by Gasteiger charge is 2.44. The van der Waals surface area contributed by atoms with Crippen LogP contribution in [0.5, 0.6) is 5.75 Å². The molecule has 1 atom stereocenters. The van der Waals surface area contributed by atoms with Crippen molar-refractivity contribution in [1.29, 1.82) is 0 Å². The van der Waals surface area contributed by atoms with Crippen molar-refractivity contribution in [1.82, 2.24) is 14.5 Å². The Bertz CT molecular complexity index is 1260. The first-order valence-corrected chi connectivity index (χ1v) is 10.7. The second kappa shape index (κ2) is 7.95. The normalized spacial score (nSPS) is 19.7. The van der Waals surface area contributed by atoms with Crippen molar-refractivity contribution in [2.24, 2.45) is 5.16 Å². The lowest BCUT2D eigenvalue weighted by Gasteiger charge is -2.33. The third kappa shape index (κ3) is 3.71. The van der Waals surface area contributed by atoms with Crippen LogP contribution < -0.4 is 4.74 Å². The van der Waals surface area contributed by atoms with Crippen molar-refractivity contribution >= 4 is 11.6 Å². The molecule has 0 aliphatic carbocycles. The van der Waals surface area contributed by atoms with E-state index in [1.807, 2.05) is 66.8 Å². The van der Waals surface area contributed by atoms with Crippen LogP contribution in [0.4, 0.5) is 4.39 Å². The second-order valence-corrected chi connectivity index (χ2v) is 8.36. The highest BCUT2D eigenvalue weighted by atomic mass is 19.1. The maximum absolute atomic E-state index is 14.1. The van der Waals surface area contributed by atoms with Crippen LogP contribution in [0.2, 0.25) is 0 Å². The Morgan fingerprint density at radius 2 is 2.00 bits per heavy atom. The highest BCUT2D eigenvalue weighted by Crippen LogP contribution is 2.38. The number of imidazole rings is 1. The number of amidine groups is 1. The molecule has 170 valence electrons. The fourth-order valence-electron chi connectivity index (χ4n) is 4.27. The second-order valence-electron chi connectivity index (χ2n) is 8.36. The van der Waals surface area contributed by atoms with Gasteiger partial charge in [-0.3, -0.25) is 0 Å². The maximum Gasteiger partial charge on any atom is 0.234 e. The largest absolute Gasteiger partial charge is 0.495 e. The summed E-state index contributed by atoms with van der Waals surface area (Å²) in [5.41, 5.74) is 3.27. The van der Waals surface area contributed by atoms with Crippen LogP contribution in [0.1, 0.15) is 29.3 Å². The van der Waals surface area contributed by atoms with Gasteiger partial charge in [-0.05, 0) is 55.8 Å². The number of hydrogen-bond acceptors (Lipinski definition) is 6.